The number of hydrogen-bond acceptors (Lipinski definition) is 2. The van der Waals surface area contributed by atoms with Crippen molar-refractivity contribution in [1.29, 1.82) is 0 Å². The molecule has 106 valence electrons. The highest BCUT2D eigenvalue weighted by molar-refractivity contribution is 5.76. The molecule has 1 aromatic carbocycles. The fourth-order valence-corrected chi connectivity index (χ4v) is 1.83. The third kappa shape index (κ3) is 5.34. The molecule has 5 heteroatoms. The van der Waals surface area contributed by atoms with Gasteiger partial charge in [-0.2, -0.15) is 0 Å². The fraction of sp³-hybridized carbons (Fsp3) is 0.500. The van der Waals surface area contributed by atoms with Gasteiger partial charge in [-0.15, -0.1) is 0 Å². The van der Waals surface area contributed by atoms with Crippen LogP contribution in [0.5, 0.6) is 0 Å². The zero-order valence-corrected chi connectivity index (χ0v) is 11.2. The highest BCUT2D eigenvalue weighted by Crippen LogP contribution is 2.17. The van der Waals surface area contributed by atoms with Crippen LogP contribution >= 0.6 is 0 Å². The van der Waals surface area contributed by atoms with Crippen molar-refractivity contribution in [2.24, 2.45) is 5.73 Å². The molecule has 0 aromatic heterocycles. The van der Waals surface area contributed by atoms with Gasteiger partial charge in [0.1, 0.15) is 11.6 Å². The van der Waals surface area contributed by atoms with E-state index in [1.54, 1.807) is 6.92 Å². The first-order valence-corrected chi connectivity index (χ1v) is 6.40. The molecule has 0 aliphatic carbocycles. The lowest BCUT2D eigenvalue weighted by Crippen LogP contribution is -2.27. The van der Waals surface area contributed by atoms with E-state index in [0.29, 0.717) is 12.8 Å². The van der Waals surface area contributed by atoms with E-state index in [-0.39, 0.29) is 17.5 Å². The first kappa shape index (κ1) is 15.6. The average Bonchev–Trinajstić information content (AvgIpc) is 2.27. The van der Waals surface area contributed by atoms with E-state index in [1.165, 1.54) is 12.1 Å². The number of carbonyl (C=O) groups is 1. The molecule has 0 saturated heterocycles. The molecule has 0 spiro atoms. The monoisotopic (exact) mass is 270 g/mol. The third-order valence-corrected chi connectivity index (χ3v) is 2.87. The van der Waals surface area contributed by atoms with Gasteiger partial charge in [0.25, 0.3) is 0 Å². The predicted molar refractivity (Wildman–Crippen MR) is 70.4 cm³/mol. The van der Waals surface area contributed by atoms with Gasteiger partial charge < -0.3 is 11.1 Å². The standard InChI is InChI=1S/C14H20F2N2O/c1-9(17)4-3-5-14(19)18-10(2)12-7-6-11(15)8-13(12)16/h6-10H,3-5,17H2,1-2H3,(H,18,19). The summed E-state index contributed by atoms with van der Waals surface area (Å²) in [5.74, 6) is -1.43. The molecule has 3 nitrogen and oxygen atoms in total. The van der Waals surface area contributed by atoms with Crippen molar-refractivity contribution < 1.29 is 13.6 Å². The molecule has 3 N–H and O–H groups in total. The van der Waals surface area contributed by atoms with E-state index >= 15 is 0 Å². The van der Waals surface area contributed by atoms with Gasteiger partial charge >= 0.3 is 0 Å². The Kier molecular flexibility index (Phi) is 5.89. The highest BCUT2D eigenvalue weighted by atomic mass is 19.1. The molecule has 19 heavy (non-hydrogen) atoms. The smallest absolute Gasteiger partial charge is 0.220 e. The van der Waals surface area contributed by atoms with Crippen molar-refractivity contribution in [2.75, 3.05) is 0 Å². The Morgan fingerprint density at radius 1 is 1.37 bits per heavy atom. The van der Waals surface area contributed by atoms with Crippen LogP contribution in [0.2, 0.25) is 0 Å². The van der Waals surface area contributed by atoms with E-state index in [4.69, 9.17) is 5.73 Å². The first-order valence-electron chi connectivity index (χ1n) is 6.40. The molecule has 1 aromatic rings. The maximum Gasteiger partial charge on any atom is 0.220 e. The fourth-order valence-electron chi connectivity index (χ4n) is 1.83. The number of hydrogen-bond donors (Lipinski definition) is 2. The van der Waals surface area contributed by atoms with Crippen LogP contribution in [0.1, 0.15) is 44.7 Å². The van der Waals surface area contributed by atoms with Gasteiger partial charge in [-0.05, 0) is 32.8 Å². The van der Waals surface area contributed by atoms with Gasteiger partial charge in [0.15, 0.2) is 0 Å². The van der Waals surface area contributed by atoms with Crippen LogP contribution in [-0.2, 0) is 4.79 Å². The van der Waals surface area contributed by atoms with Crippen molar-refractivity contribution in [1.82, 2.24) is 5.32 Å². The number of carbonyl (C=O) groups excluding carboxylic acids is 1. The summed E-state index contributed by atoms with van der Waals surface area (Å²) >= 11 is 0. The Hall–Kier alpha value is -1.49. The third-order valence-electron chi connectivity index (χ3n) is 2.87. The summed E-state index contributed by atoms with van der Waals surface area (Å²) in [6, 6.07) is 2.92. The van der Waals surface area contributed by atoms with E-state index in [0.717, 1.165) is 12.5 Å². The maximum atomic E-state index is 13.5. The lowest BCUT2D eigenvalue weighted by atomic mass is 10.1. The summed E-state index contributed by atoms with van der Waals surface area (Å²) in [6.07, 6.45) is 1.82. The quantitative estimate of drug-likeness (QED) is 0.835. The molecule has 0 aliphatic rings. The molecule has 1 amide bonds. The molecule has 0 aliphatic heterocycles. The topological polar surface area (TPSA) is 55.1 Å². The Balaban J connectivity index is 2.49. The van der Waals surface area contributed by atoms with Crippen LogP contribution in [-0.4, -0.2) is 11.9 Å². The van der Waals surface area contributed by atoms with Crippen LogP contribution in [0.25, 0.3) is 0 Å². The number of nitrogens with two attached hydrogens (primary N) is 1. The molecule has 0 saturated carbocycles. The lowest BCUT2D eigenvalue weighted by molar-refractivity contribution is -0.121. The minimum atomic E-state index is -0.650. The van der Waals surface area contributed by atoms with Gasteiger partial charge in [-0.3, -0.25) is 4.79 Å². The molecule has 0 fully saturated rings. The summed E-state index contributed by atoms with van der Waals surface area (Å²) in [6.45, 7) is 3.55. The summed E-state index contributed by atoms with van der Waals surface area (Å²) in [7, 11) is 0. The minimum absolute atomic E-state index is 0.0692. The first-order chi connectivity index (χ1) is 8.90. The molecule has 0 radical (unpaired) electrons. The average molecular weight is 270 g/mol. The van der Waals surface area contributed by atoms with Crippen molar-refractivity contribution in [2.45, 2.75) is 45.2 Å². The minimum Gasteiger partial charge on any atom is -0.349 e. The molecule has 0 bridgehead atoms. The Morgan fingerprint density at radius 3 is 2.63 bits per heavy atom. The second-order valence-electron chi connectivity index (χ2n) is 4.82. The number of benzene rings is 1. The largest absolute Gasteiger partial charge is 0.349 e. The summed E-state index contributed by atoms with van der Waals surface area (Å²) in [4.78, 5) is 11.6. The second kappa shape index (κ2) is 7.19. The zero-order chi connectivity index (χ0) is 14.4. The molecule has 2 unspecified atom stereocenters. The van der Waals surface area contributed by atoms with Crippen molar-refractivity contribution in [3.05, 3.63) is 35.4 Å². The van der Waals surface area contributed by atoms with Crippen LogP contribution in [0.3, 0.4) is 0 Å². The van der Waals surface area contributed by atoms with E-state index in [2.05, 4.69) is 5.32 Å². The molecule has 0 heterocycles. The SMILES string of the molecule is CC(N)CCCC(=O)NC(C)c1ccc(F)cc1F. The van der Waals surface area contributed by atoms with Gasteiger partial charge in [0.05, 0.1) is 6.04 Å². The van der Waals surface area contributed by atoms with E-state index in [9.17, 15) is 13.6 Å². The normalized spacial score (nSPS) is 13.9. The van der Waals surface area contributed by atoms with E-state index < -0.39 is 17.7 Å². The Morgan fingerprint density at radius 2 is 2.05 bits per heavy atom. The van der Waals surface area contributed by atoms with E-state index in [1.807, 2.05) is 6.92 Å². The highest BCUT2D eigenvalue weighted by Gasteiger charge is 2.14. The predicted octanol–water partition coefficient (Wildman–Crippen LogP) is 2.66. The second-order valence-corrected chi connectivity index (χ2v) is 4.82. The van der Waals surface area contributed by atoms with Gasteiger partial charge in [-0.1, -0.05) is 6.07 Å². The lowest BCUT2D eigenvalue weighted by Gasteiger charge is -2.15. The van der Waals surface area contributed by atoms with Crippen molar-refractivity contribution in [3.63, 3.8) is 0 Å². The maximum absolute atomic E-state index is 13.5. The molecule has 1 rings (SSSR count). The van der Waals surface area contributed by atoms with Gasteiger partial charge in [0, 0.05) is 24.1 Å². The van der Waals surface area contributed by atoms with Crippen molar-refractivity contribution >= 4 is 5.91 Å². The number of halogens is 2. The number of nitrogens with one attached hydrogen (secondary N) is 1. The summed E-state index contributed by atoms with van der Waals surface area (Å²) < 4.78 is 26.3. The molecular weight excluding hydrogens is 250 g/mol. The molecular formula is C14H20F2N2O. The summed E-state index contributed by atoms with van der Waals surface area (Å²) in [5, 5.41) is 2.69. The molecule has 2 atom stereocenters. The van der Waals surface area contributed by atoms with Crippen LogP contribution < -0.4 is 11.1 Å². The van der Waals surface area contributed by atoms with Crippen LogP contribution in [0, 0.1) is 11.6 Å². The number of rotatable bonds is 6. The van der Waals surface area contributed by atoms with Crippen LogP contribution in [0.15, 0.2) is 18.2 Å². The Bertz CT molecular complexity index is 435. The van der Waals surface area contributed by atoms with Crippen LogP contribution in [0.4, 0.5) is 8.78 Å². The van der Waals surface area contributed by atoms with Gasteiger partial charge in [-0.25, -0.2) is 8.78 Å². The van der Waals surface area contributed by atoms with Gasteiger partial charge in [0.2, 0.25) is 5.91 Å². The zero-order valence-electron chi connectivity index (χ0n) is 11.2. The van der Waals surface area contributed by atoms with Crippen molar-refractivity contribution in [3.8, 4) is 0 Å². The Labute approximate surface area is 112 Å². The number of amides is 1. The summed E-state index contributed by atoms with van der Waals surface area (Å²) in [5.41, 5.74) is 5.87.